The first-order chi connectivity index (χ1) is 10.8. The fraction of sp³-hybridized carbons (Fsp3) is 0.562. The number of carbonyl (C=O) groups is 1. The lowest BCUT2D eigenvalue weighted by Gasteiger charge is -2.19. The van der Waals surface area contributed by atoms with E-state index in [1.54, 1.807) is 13.8 Å². The molecule has 0 radical (unpaired) electrons. The first kappa shape index (κ1) is 17.9. The van der Waals surface area contributed by atoms with Crippen molar-refractivity contribution in [3.8, 4) is 0 Å². The number of nitrogens with one attached hydrogen (secondary N) is 2. The van der Waals surface area contributed by atoms with Crippen molar-refractivity contribution in [2.75, 3.05) is 6.54 Å². The Kier molecular flexibility index (Phi) is 5.78. The van der Waals surface area contributed by atoms with Gasteiger partial charge in [-0.15, -0.1) is 0 Å². The zero-order chi connectivity index (χ0) is 17.0. The summed E-state index contributed by atoms with van der Waals surface area (Å²) in [5.74, 6) is 0.143. The lowest BCUT2D eigenvalue weighted by atomic mass is 10.0. The topological polar surface area (TPSA) is 101 Å². The van der Waals surface area contributed by atoms with Gasteiger partial charge in [0.2, 0.25) is 10.0 Å². The molecule has 0 spiro atoms. The molecule has 1 amide bonds. The molecule has 23 heavy (non-hydrogen) atoms. The second-order valence-corrected chi connectivity index (χ2v) is 8.02. The molecule has 128 valence electrons. The van der Waals surface area contributed by atoms with Crippen molar-refractivity contribution in [1.82, 2.24) is 10.0 Å². The van der Waals surface area contributed by atoms with Gasteiger partial charge in [-0.25, -0.2) is 13.1 Å². The van der Waals surface area contributed by atoms with Crippen LogP contribution >= 0.6 is 0 Å². The number of hydrogen-bond acceptors (Lipinski definition) is 4. The van der Waals surface area contributed by atoms with Gasteiger partial charge in [-0.05, 0) is 63.4 Å². The molecule has 0 aliphatic heterocycles. The van der Waals surface area contributed by atoms with Gasteiger partial charge in [0, 0.05) is 17.6 Å². The van der Waals surface area contributed by atoms with Crippen molar-refractivity contribution in [2.45, 2.75) is 50.1 Å². The minimum atomic E-state index is -3.54. The molecule has 4 N–H and O–H groups in total. The van der Waals surface area contributed by atoms with Crippen LogP contribution in [0, 0.1) is 5.92 Å². The average Bonchev–Trinajstić information content (AvgIpc) is 2.93. The van der Waals surface area contributed by atoms with E-state index >= 15 is 0 Å². The molecule has 0 bridgehead atoms. The van der Waals surface area contributed by atoms with Gasteiger partial charge in [0.25, 0.3) is 5.91 Å². The third kappa shape index (κ3) is 4.53. The van der Waals surface area contributed by atoms with Gasteiger partial charge in [0.1, 0.15) is 0 Å². The summed E-state index contributed by atoms with van der Waals surface area (Å²) in [6, 6.07) is 5.91. The molecule has 2 atom stereocenters. The van der Waals surface area contributed by atoms with E-state index in [4.69, 9.17) is 5.73 Å². The molecule has 2 unspecified atom stereocenters. The van der Waals surface area contributed by atoms with Crippen LogP contribution in [0.3, 0.4) is 0 Å². The van der Waals surface area contributed by atoms with E-state index in [0.717, 1.165) is 19.3 Å². The highest BCUT2D eigenvalue weighted by Gasteiger charge is 2.27. The number of carbonyl (C=O) groups excluding carboxylic acids is 1. The average molecular weight is 339 g/mol. The highest BCUT2D eigenvalue weighted by Crippen LogP contribution is 2.25. The van der Waals surface area contributed by atoms with E-state index in [0.29, 0.717) is 18.0 Å². The number of hydrogen-bond donors (Lipinski definition) is 3. The van der Waals surface area contributed by atoms with E-state index < -0.39 is 10.0 Å². The van der Waals surface area contributed by atoms with Crippen LogP contribution in [0.1, 0.15) is 43.5 Å². The van der Waals surface area contributed by atoms with Crippen LogP contribution in [0.2, 0.25) is 0 Å². The predicted octanol–water partition coefficient (Wildman–Crippen LogP) is 1.23. The van der Waals surface area contributed by atoms with E-state index in [9.17, 15) is 13.2 Å². The van der Waals surface area contributed by atoms with Crippen LogP contribution in [0.5, 0.6) is 0 Å². The van der Waals surface area contributed by atoms with Crippen LogP contribution in [-0.4, -0.2) is 33.0 Å². The summed E-state index contributed by atoms with van der Waals surface area (Å²) in [7, 11) is -3.54. The molecule has 7 heteroatoms. The van der Waals surface area contributed by atoms with Gasteiger partial charge < -0.3 is 11.1 Å². The number of benzene rings is 1. The Labute approximate surface area is 137 Å². The smallest absolute Gasteiger partial charge is 0.251 e. The highest BCUT2D eigenvalue weighted by atomic mass is 32.2. The summed E-state index contributed by atoms with van der Waals surface area (Å²) in [5, 5.41) is 3.00. The van der Waals surface area contributed by atoms with Crippen molar-refractivity contribution >= 4 is 15.9 Å². The summed E-state index contributed by atoms with van der Waals surface area (Å²) < 4.78 is 26.6. The lowest BCUT2D eigenvalue weighted by molar-refractivity contribution is 0.0928. The molecule has 2 rings (SSSR count). The Bertz CT molecular complexity index is 641. The van der Waals surface area contributed by atoms with Gasteiger partial charge in [-0.1, -0.05) is 6.42 Å². The van der Waals surface area contributed by atoms with Gasteiger partial charge in [-0.2, -0.15) is 0 Å². The second kappa shape index (κ2) is 7.42. The fourth-order valence-corrected chi connectivity index (χ4v) is 4.18. The maximum absolute atomic E-state index is 12.3. The van der Waals surface area contributed by atoms with Crippen LogP contribution in [0.4, 0.5) is 0 Å². The molecule has 1 saturated carbocycles. The van der Waals surface area contributed by atoms with Crippen LogP contribution in [-0.2, 0) is 10.0 Å². The van der Waals surface area contributed by atoms with Gasteiger partial charge >= 0.3 is 0 Å². The third-order valence-electron chi connectivity index (χ3n) is 4.10. The summed E-state index contributed by atoms with van der Waals surface area (Å²) in [4.78, 5) is 12.4. The van der Waals surface area contributed by atoms with Crippen LogP contribution in [0.25, 0.3) is 0 Å². The summed E-state index contributed by atoms with van der Waals surface area (Å²) in [5.41, 5.74) is 6.18. The van der Waals surface area contributed by atoms with Crippen molar-refractivity contribution < 1.29 is 13.2 Å². The predicted molar refractivity (Wildman–Crippen MR) is 89.5 cm³/mol. The summed E-state index contributed by atoms with van der Waals surface area (Å²) in [6.07, 6.45) is 3.06. The van der Waals surface area contributed by atoms with Gasteiger partial charge in [0.15, 0.2) is 0 Å². The van der Waals surface area contributed by atoms with Gasteiger partial charge in [-0.3, -0.25) is 4.79 Å². The normalized spacial score (nSPS) is 21.6. The monoisotopic (exact) mass is 339 g/mol. The van der Waals surface area contributed by atoms with E-state index in [2.05, 4.69) is 10.0 Å². The summed E-state index contributed by atoms with van der Waals surface area (Å²) in [6.45, 7) is 4.09. The number of amides is 1. The highest BCUT2D eigenvalue weighted by molar-refractivity contribution is 7.89. The number of sulfonamides is 1. The van der Waals surface area contributed by atoms with E-state index in [-0.39, 0.29) is 22.9 Å². The minimum absolute atomic E-state index is 0.110. The fourth-order valence-electron chi connectivity index (χ4n) is 2.92. The maximum Gasteiger partial charge on any atom is 0.251 e. The first-order valence-electron chi connectivity index (χ1n) is 7.97. The molecule has 1 aromatic carbocycles. The quantitative estimate of drug-likeness (QED) is 0.725. The first-order valence-corrected chi connectivity index (χ1v) is 9.45. The van der Waals surface area contributed by atoms with E-state index in [1.807, 2.05) is 0 Å². The molecular formula is C16H25N3O3S. The number of nitrogens with two attached hydrogens (primary N) is 1. The Morgan fingerprint density at radius 2 is 1.91 bits per heavy atom. The molecule has 1 aromatic rings. The van der Waals surface area contributed by atoms with Crippen molar-refractivity contribution in [2.24, 2.45) is 11.7 Å². The van der Waals surface area contributed by atoms with Gasteiger partial charge in [0.05, 0.1) is 4.90 Å². The maximum atomic E-state index is 12.3. The molecular weight excluding hydrogens is 314 g/mol. The van der Waals surface area contributed by atoms with Crippen LogP contribution < -0.4 is 15.8 Å². The Morgan fingerprint density at radius 3 is 2.48 bits per heavy atom. The summed E-state index contributed by atoms with van der Waals surface area (Å²) >= 11 is 0. The lowest BCUT2D eigenvalue weighted by Crippen LogP contribution is -2.39. The molecule has 1 aliphatic rings. The van der Waals surface area contributed by atoms with Crippen LogP contribution in [0.15, 0.2) is 29.2 Å². The largest absolute Gasteiger partial charge is 0.349 e. The van der Waals surface area contributed by atoms with Crippen molar-refractivity contribution in [3.63, 3.8) is 0 Å². The Hall–Kier alpha value is -1.44. The van der Waals surface area contributed by atoms with Crippen molar-refractivity contribution in [3.05, 3.63) is 29.8 Å². The molecule has 1 aliphatic carbocycles. The number of rotatable bonds is 6. The SMILES string of the molecule is CC(C)NS(=O)(=O)c1ccc(C(=O)NC2CCCC2CN)cc1. The Balaban J connectivity index is 2.06. The molecule has 0 saturated heterocycles. The molecule has 6 nitrogen and oxygen atoms in total. The standard InChI is InChI=1S/C16H25N3O3S/c1-11(2)19-23(21,22)14-8-6-12(7-9-14)16(20)18-15-5-3-4-13(15)10-17/h6-9,11,13,15,19H,3-5,10,17H2,1-2H3,(H,18,20). The van der Waals surface area contributed by atoms with E-state index in [1.165, 1.54) is 24.3 Å². The molecule has 0 aromatic heterocycles. The molecule has 1 fully saturated rings. The zero-order valence-electron chi connectivity index (χ0n) is 13.6. The minimum Gasteiger partial charge on any atom is -0.349 e. The zero-order valence-corrected chi connectivity index (χ0v) is 14.4. The third-order valence-corrected chi connectivity index (χ3v) is 5.77. The van der Waals surface area contributed by atoms with Crippen molar-refractivity contribution in [1.29, 1.82) is 0 Å². The Morgan fingerprint density at radius 1 is 1.26 bits per heavy atom. The molecule has 0 heterocycles. The second-order valence-electron chi connectivity index (χ2n) is 6.31.